The quantitative estimate of drug-likeness (QED) is 0.628. The fourth-order valence-electron chi connectivity index (χ4n) is 1.85. The Labute approximate surface area is 149 Å². The van der Waals surface area contributed by atoms with Crippen molar-refractivity contribution in [2.24, 2.45) is 0 Å². The summed E-state index contributed by atoms with van der Waals surface area (Å²) in [7, 11) is 0. The summed E-state index contributed by atoms with van der Waals surface area (Å²) >= 11 is 11.7. The van der Waals surface area contributed by atoms with Crippen LogP contribution in [0.5, 0.6) is 5.75 Å². The van der Waals surface area contributed by atoms with Gasteiger partial charge >= 0.3 is 0 Å². The van der Waals surface area contributed by atoms with E-state index in [9.17, 15) is 9.59 Å². The third-order valence-electron chi connectivity index (χ3n) is 2.95. The van der Waals surface area contributed by atoms with Crippen LogP contribution in [0.3, 0.4) is 0 Å². The number of ether oxygens (including phenoxy) is 1. The second kappa shape index (κ2) is 8.38. The van der Waals surface area contributed by atoms with E-state index in [1.807, 2.05) is 0 Å². The van der Waals surface area contributed by atoms with Crippen LogP contribution in [-0.4, -0.2) is 18.4 Å². The summed E-state index contributed by atoms with van der Waals surface area (Å²) in [6.45, 7) is 3.81. The predicted octanol–water partition coefficient (Wildman–Crippen LogP) is 3.63. The molecule has 7 heteroatoms. The maximum absolute atomic E-state index is 12.2. The molecule has 0 aromatic heterocycles. The van der Waals surface area contributed by atoms with Gasteiger partial charge in [0.05, 0.1) is 16.1 Å². The fourth-order valence-corrected chi connectivity index (χ4v) is 2.34. The van der Waals surface area contributed by atoms with E-state index in [1.165, 1.54) is 18.2 Å². The molecule has 0 radical (unpaired) electrons. The Morgan fingerprint density at radius 3 is 2.38 bits per heavy atom. The lowest BCUT2D eigenvalue weighted by Crippen LogP contribution is -2.41. The number of halogens is 2. The molecule has 2 N–H and O–H groups in total. The van der Waals surface area contributed by atoms with Crippen molar-refractivity contribution >= 4 is 35.0 Å². The Hall–Kier alpha value is -2.50. The van der Waals surface area contributed by atoms with Crippen LogP contribution < -0.4 is 15.6 Å². The Morgan fingerprint density at radius 2 is 1.71 bits per heavy atom. The zero-order valence-corrected chi connectivity index (χ0v) is 14.0. The molecule has 24 heavy (non-hydrogen) atoms. The van der Waals surface area contributed by atoms with Crippen molar-refractivity contribution in [2.45, 2.75) is 0 Å². The molecule has 2 aromatic carbocycles. The molecule has 5 nitrogen and oxygen atoms in total. The van der Waals surface area contributed by atoms with E-state index in [0.717, 1.165) is 0 Å². The number of benzene rings is 2. The number of carbonyl (C=O) groups excluding carboxylic acids is 2. The standard InChI is InChI=1S/C17H14Cl2N2O3/c1-2-9-24-15-6-4-3-5-13(15)17(23)21-20-16(22)12-8-7-11(18)10-14(12)19/h2-8,10H,1,9H2,(H,20,22)(H,21,23). The maximum Gasteiger partial charge on any atom is 0.273 e. The first-order chi connectivity index (χ1) is 11.5. The lowest BCUT2D eigenvalue weighted by atomic mass is 10.2. The molecule has 0 aliphatic heterocycles. The van der Waals surface area contributed by atoms with Gasteiger partial charge in [0, 0.05) is 5.02 Å². The second-order valence-electron chi connectivity index (χ2n) is 4.63. The molecule has 0 fully saturated rings. The van der Waals surface area contributed by atoms with Gasteiger partial charge in [-0.2, -0.15) is 0 Å². The summed E-state index contributed by atoms with van der Waals surface area (Å²) in [5.41, 5.74) is 5.09. The van der Waals surface area contributed by atoms with Crippen molar-refractivity contribution in [2.75, 3.05) is 6.61 Å². The zero-order valence-electron chi connectivity index (χ0n) is 12.5. The van der Waals surface area contributed by atoms with Crippen molar-refractivity contribution in [3.8, 4) is 5.75 Å². The number of hydrogen-bond donors (Lipinski definition) is 2. The number of hydrazine groups is 1. The Bertz CT molecular complexity index is 778. The molecule has 0 atom stereocenters. The number of rotatable bonds is 5. The molecule has 2 rings (SSSR count). The van der Waals surface area contributed by atoms with E-state index in [1.54, 1.807) is 30.3 Å². The smallest absolute Gasteiger partial charge is 0.273 e. The molecule has 0 spiro atoms. The lowest BCUT2D eigenvalue weighted by Gasteiger charge is -2.11. The Morgan fingerprint density at radius 1 is 1.04 bits per heavy atom. The Kier molecular flexibility index (Phi) is 6.23. The van der Waals surface area contributed by atoms with Gasteiger partial charge in [0.2, 0.25) is 0 Å². The number of nitrogens with one attached hydrogen (secondary N) is 2. The topological polar surface area (TPSA) is 67.4 Å². The third kappa shape index (κ3) is 4.50. The molecule has 124 valence electrons. The minimum Gasteiger partial charge on any atom is -0.489 e. The summed E-state index contributed by atoms with van der Waals surface area (Å²) in [5.74, 6) is -0.698. The van der Waals surface area contributed by atoms with E-state index in [0.29, 0.717) is 10.8 Å². The van der Waals surface area contributed by atoms with Gasteiger partial charge in [-0.15, -0.1) is 0 Å². The highest BCUT2D eigenvalue weighted by Gasteiger charge is 2.15. The van der Waals surface area contributed by atoms with Crippen LogP contribution in [0.25, 0.3) is 0 Å². The molecule has 2 amide bonds. The average molecular weight is 365 g/mol. The number of para-hydroxylation sites is 1. The van der Waals surface area contributed by atoms with Crippen LogP contribution in [0.1, 0.15) is 20.7 Å². The lowest BCUT2D eigenvalue weighted by molar-refractivity contribution is 0.0844. The van der Waals surface area contributed by atoms with Gasteiger partial charge in [0.25, 0.3) is 11.8 Å². The van der Waals surface area contributed by atoms with Gasteiger partial charge in [0.15, 0.2) is 0 Å². The van der Waals surface area contributed by atoms with Gasteiger partial charge < -0.3 is 4.74 Å². The summed E-state index contributed by atoms with van der Waals surface area (Å²) < 4.78 is 5.40. The largest absolute Gasteiger partial charge is 0.489 e. The van der Waals surface area contributed by atoms with Crippen molar-refractivity contribution in [3.63, 3.8) is 0 Å². The molecular formula is C17H14Cl2N2O3. The summed E-state index contributed by atoms with van der Waals surface area (Å²) in [5, 5.41) is 0.595. The van der Waals surface area contributed by atoms with Crippen LogP contribution in [0.15, 0.2) is 55.1 Å². The fraction of sp³-hybridized carbons (Fsp3) is 0.0588. The summed E-state index contributed by atoms with van der Waals surface area (Å²) in [6.07, 6.45) is 1.57. The van der Waals surface area contributed by atoms with Crippen molar-refractivity contribution < 1.29 is 14.3 Å². The van der Waals surface area contributed by atoms with Gasteiger partial charge in [-0.3, -0.25) is 20.4 Å². The molecule has 0 heterocycles. The van der Waals surface area contributed by atoms with Crippen LogP contribution in [0.4, 0.5) is 0 Å². The van der Waals surface area contributed by atoms with Gasteiger partial charge in [-0.25, -0.2) is 0 Å². The molecule has 0 aliphatic carbocycles. The van der Waals surface area contributed by atoms with Crippen molar-refractivity contribution in [3.05, 3.63) is 76.3 Å². The number of amides is 2. The SMILES string of the molecule is C=CCOc1ccccc1C(=O)NNC(=O)c1ccc(Cl)cc1Cl. The molecule has 0 aliphatic rings. The monoisotopic (exact) mass is 364 g/mol. The molecule has 2 aromatic rings. The maximum atomic E-state index is 12.2. The highest BCUT2D eigenvalue weighted by atomic mass is 35.5. The van der Waals surface area contributed by atoms with Gasteiger partial charge in [-0.05, 0) is 30.3 Å². The predicted molar refractivity (Wildman–Crippen MR) is 93.5 cm³/mol. The average Bonchev–Trinajstić information content (AvgIpc) is 2.57. The van der Waals surface area contributed by atoms with Crippen molar-refractivity contribution in [1.82, 2.24) is 10.9 Å². The highest BCUT2D eigenvalue weighted by molar-refractivity contribution is 6.36. The van der Waals surface area contributed by atoms with Gasteiger partial charge in [-0.1, -0.05) is 48.0 Å². The zero-order chi connectivity index (χ0) is 17.5. The molecule has 0 saturated carbocycles. The third-order valence-corrected chi connectivity index (χ3v) is 3.50. The second-order valence-corrected chi connectivity index (χ2v) is 5.47. The van der Waals surface area contributed by atoms with Crippen LogP contribution in [0, 0.1) is 0 Å². The normalized spacial score (nSPS) is 9.92. The summed E-state index contributed by atoms with van der Waals surface area (Å²) in [4.78, 5) is 24.3. The molecule has 0 saturated heterocycles. The highest BCUT2D eigenvalue weighted by Crippen LogP contribution is 2.21. The number of hydrogen-bond acceptors (Lipinski definition) is 3. The van der Waals surface area contributed by atoms with E-state index in [2.05, 4.69) is 17.4 Å². The van der Waals surface area contributed by atoms with Crippen LogP contribution in [-0.2, 0) is 0 Å². The first-order valence-electron chi connectivity index (χ1n) is 6.91. The Balaban J connectivity index is 2.05. The number of carbonyl (C=O) groups is 2. The van der Waals surface area contributed by atoms with Crippen LogP contribution >= 0.6 is 23.2 Å². The van der Waals surface area contributed by atoms with E-state index >= 15 is 0 Å². The molecule has 0 unspecified atom stereocenters. The first-order valence-corrected chi connectivity index (χ1v) is 7.67. The first kappa shape index (κ1) is 17.8. The van der Waals surface area contributed by atoms with Crippen molar-refractivity contribution in [1.29, 1.82) is 0 Å². The van der Waals surface area contributed by atoms with E-state index < -0.39 is 11.8 Å². The van der Waals surface area contributed by atoms with Crippen LogP contribution in [0.2, 0.25) is 10.0 Å². The minimum absolute atomic E-state index is 0.184. The van der Waals surface area contributed by atoms with E-state index in [-0.39, 0.29) is 22.8 Å². The van der Waals surface area contributed by atoms with E-state index in [4.69, 9.17) is 27.9 Å². The minimum atomic E-state index is -0.561. The molecular weight excluding hydrogens is 351 g/mol. The summed E-state index contributed by atoms with van der Waals surface area (Å²) in [6, 6.07) is 11.1. The molecule has 0 bridgehead atoms. The van der Waals surface area contributed by atoms with Gasteiger partial charge in [0.1, 0.15) is 12.4 Å².